The van der Waals surface area contributed by atoms with E-state index in [1.54, 1.807) is 22.7 Å². The number of aromatic nitrogens is 2. The molecule has 0 spiro atoms. The highest BCUT2D eigenvalue weighted by Crippen LogP contribution is 2.32. The minimum atomic E-state index is 0.488. The van der Waals surface area contributed by atoms with Crippen LogP contribution in [0.4, 0.5) is 0 Å². The van der Waals surface area contributed by atoms with Gasteiger partial charge in [0, 0.05) is 41.3 Å². The van der Waals surface area contributed by atoms with E-state index >= 15 is 0 Å². The normalized spacial score (nSPS) is 19.2. The van der Waals surface area contributed by atoms with Crippen molar-refractivity contribution in [2.24, 2.45) is 0 Å². The van der Waals surface area contributed by atoms with Crippen LogP contribution in [0.3, 0.4) is 0 Å². The van der Waals surface area contributed by atoms with Crippen LogP contribution in [0, 0.1) is 0 Å². The Bertz CT molecular complexity index is 752. The molecule has 1 unspecified atom stereocenters. The zero-order chi connectivity index (χ0) is 16.2. The van der Waals surface area contributed by atoms with Crippen molar-refractivity contribution in [2.75, 3.05) is 6.54 Å². The first-order valence-corrected chi connectivity index (χ1v) is 10.3. The number of likely N-dealkylation sites (tertiary alicyclic amines) is 1. The molecule has 1 aliphatic rings. The molecule has 0 saturated carbocycles. The molecule has 124 valence electrons. The van der Waals surface area contributed by atoms with Gasteiger partial charge in [-0.3, -0.25) is 9.88 Å². The molecular weight excluding hydrogens is 334 g/mol. The summed E-state index contributed by atoms with van der Waals surface area (Å²) in [4.78, 5) is 11.7. The molecule has 1 atom stereocenters. The molecule has 0 aliphatic carbocycles. The summed E-state index contributed by atoms with van der Waals surface area (Å²) in [5.74, 6) is 0. The fraction of sp³-hybridized carbons (Fsp3) is 0.368. The monoisotopic (exact) mass is 355 g/mol. The summed E-state index contributed by atoms with van der Waals surface area (Å²) in [6, 6.07) is 6.97. The maximum Gasteiger partial charge on any atom is 0.124 e. The molecule has 1 saturated heterocycles. The highest BCUT2D eigenvalue weighted by Gasteiger charge is 2.23. The van der Waals surface area contributed by atoms with Crippen LogP contribution in [0.25, 0.3) is 10.6 Å². The van der Waals surface area contributed by atoms with Crippen molar-refractivity contribution in [3.8, 4) is 10.6 Å². The first-order valence-electron chi connectivity index (χ1n) is 8.51. The Morgan fingerprint density at radius 2 is 2.00 bits per heavy atom. The summed E-state index contributed by atoms with van der Waals surface area (Å²) in [6.45, 7) is 2.09. The lowest BCUT2D eigenvalue weighted by Crippen LogP contribution is -2.28. The fourth-order valence-electron chi connectivity index (χ4n) is 3.43. The van der Waals surface area contributed by atoms with E-state index < -0.39 is 0 Å². The average Bonchev–Trinajstić information content (AvgIpc) is 3.25. The third kappa shape index (κ3) is 3.58. The summed E-state index contributed by atoms with van der Waals surface area (Å²) >= 11 is 3.49. The van der Waals surface area contributed by atoms with Gasteiger partial charge in [0.05, 0.1) is 5.69 Å². The fourth-order valence-corrected chi connectivity index (χ4v) is 4.95. The summed E-state index contributed by atoms with van der Waals surface area (Å²) in [5, 5.41) is 7.65. The first-order chi connectivity index (χ1) is 11.9. The van der Waals surface area contributed by atoms with E-state index in [1.807, 2.05) is 12.4 Å². The molecule has 5 heteroatoms. The molecule has 0 aromatic carbocycles. The van der Waals surface area contributed by atoms with Crippen molar-refractivity contribution in [1.29, 1.82) is 0 Å². The molecule has 4 rings (SSSR count). The Morgan fingerprint density at radius 1 is 1.08 bits per heavy atom. The third-order valence-electron chi connectivity index (χ3n) is 4.64. The van der Waals surface area contributed by atoms with Crippen molar-refractivity contribution < 1.29 is 0 Å². The zero-order valence-electron chi connectivity index (χ0n) is 13.6. The topological polar surface area (TPSA) is 29.0 Å². The molecule has 1 aliphatic heterocycles. The van der Waals surface area contributed by atoms with Crippen LogP contribution in [0.15, 0.2) is 46.7 Å². The largest absolute Gasteiger partial charge is 0.290 e. The molecule has 24 heavy (non-hydrogen) atoms. The Balaban J connectivity index is 1.54. The van der Waals surface area contributed by atoms with Crippen molar-refractivity contribution in [3.63, 3.8) is 0 Å². The first kappa shape index (κ1) is 15.9. The van der Waals surface area contributed by atoms with Crippen molar-refractivity contribution >= 4 is 22.7 Å². The highest BCUT2D eigenvalue weighted by molar-refractivity contribution is 7.14. The van der Waals surface area contributed by atoms with E-state index in [4.69, 9.17) is 4.98 Å². The third-order valence-corrected chi connectivity index (χ3v) is 6.26. The molecule has 1 fully saturated rings. The number of hydrogen-bond acceptors (Lipinski definition) is 5. The molecule has 3 aromatic heterocycles. The molecule has 3 aromatic rings. The molecule has 3 nitrogen and oxygen atoms in total. The smallest absolute Gasteiger partial charge is 0.124 e. The van der Waals surface area contributed by atoms with Gasteiger partial charge in [0.25, 0.3) is 0 Å². The van der Waals surface area contributed by atoms with Crippen LogP contribution < -0.4 is 0 Å². The van der Waals surface area contributed by atoms with Crippen LogP contribution in [0.2, 0.25) is 0 Å². The van der Waals surface area contributed by atoms with Crippen LogP contribution in [-0.2, 0) is 6.54 Å². The van der Waals surface area contributed by atoms with Crippen LogP contribution in [0.5, 0.6) is 0 Å². The summed E-state index contributed by atoms with van der Waals surface area (Å²) in [7, 11) is 0. The van der Waals surface area contributed by atoms with Gasteiger partial charge in [0.1, 0.15) is 5.01 Å². The number of hydrogen-bond donors (Lipinski definition) is 0. The van der Waals surface area contributed by atoms with Crippen molar-refractivity contribution in [3.05, 3.63) is 58.0 Å². The van der Waals surface area contributed by atoms with Gasteiger partial charge in [-0.25, -0.2) is 4.98 Å². The van der Waals surface area contributed by atoms with E-state index in [-0.39, 0.29) is 0 Å². The second-order valence-electron chi connectivity index (χ2n) is 6.27. The van der Waals surface area contributed by atoms with Gasteiger partial charge in [-0.2, -0.15) is 11.3 Å². The zero-order valence-corrected chi connectivity index (χ0v) is 15.2. The number of pyridine rings is 1. The maximum absolute atomic E-state index is 4.88. The van der Waals surface area contributed by atoms with E-state index in [1.165, 1.54) is 42.5 Å². The van der Waals surface area contributed by atoms with Crippen molar-refractivity contribution in [1.82, 2.24) is 14.9 Å². The van der Waals surface area contributed by atoms with Gasteiger partial charge in [0.15, 0.2) is 0 Å². The van der Waals surface area contributed by atoms with Gasteiger partial charge in [-0.1, -0.05) is 12.8 Å². The Kier molecular flexibility index (Phi) is 5.02. The standard InChI is InChI=1S/C19H21N3S2/c1-2-4-18(15-5-8-20-9-6-15)22(10-3-1)12-17-14-24-19(21-17)16-7-11-23-13-16/h5-9,11,13-14,18H,1-4,10,12H2. The SMILES string of the molecule is c1cc(C2CCCCCN2Cc2csc(-c3ccsc3)n2)ccn1. The molecule has 0 amide bonds. The van der Waals surface area contributed by atoms with Gasteiger partial charge in [-0.15, -0.1) is 11.3 Å². The second-order valence-corrected chi connectivity index (χ2v) is 7.91. The Labute approximate surface area is 151 Å². The minimum absolute atomic E-state index is 0.488. The van der Waals surface area contributed by atoms with Gasteiger partial charge in [-0.05, 0) is 48.5 Å². The van der Waals surface area contributed by atoms with Gasteiger partial charge >= 0.3 is 0 Å². The molecule has 0 bridgehead atoms. The van der Waals surface area contributed by atoms with Crippen LogP contribution >= 0.6 is 22.7 Å². The number of rotatable bonds is 4. The van der Waals surface area contributed by atoms with Crippen LogP contribution in [0.1, 0.15) is 43.0 Å². The second kappa shape index (κ2) is 7.55. The molecule has 0 radical (unpaired) electrons. The summed E-state index contributed by atoms with van der Waals surface area (Å²) in [5.41, 5.74) is 3.83. The lowest BCUT2D eigenvalue weighted by molar-refractivity contribution is 0.190. The van der Waals surface area contributed by atoms with Gasteiger partial charge in [0.2, 0.25) is 0 Å². The molecule has 4 heterocycles. The quantitative estimate of drug-likeness (QED) is 0.629. The summed E-state index contributed by atoms with van der Waals surface area (Å²) < 4.78 is 0. The van der Waals surface area contributed by atoms with E-state index in [0.717, 1.165) is 18.1 Å². The Morgan fingerprint density at radius 3 is 2.83 bits per heavy atom. The average molecular weight is 356 g/mol. The lowest BCUT2D eigenvalue weighted by atomic mass is 10.0. The summed E-state index contributed by atoms with van der Waals surface area (Å²) in [6.07, 6.45) is 8.97. The predicted molar refractivity (Wildman–Crippen MR) is 101 cm³/mol. The van der Waals surface area contributed by atoms with Crippen molar-refractivity contribution in [2.45, 2.75) is 38.3 Å². The van der Waals surface area contributed by atoms with E-state index in [2.05, 4.69) is 44.2 Å². The van der Waals surface area contributed by atoms with Crippen LogP contribution in [-0.4, -0.2) is 21.4 Å². The minimum Gasteiger partial charge on any atom is -0.290 e. The number of thiazole rings is 1. The van der Waals surface area contributed by atoms with Gasteiger partial charge < -0.3 is 0 Å². The number of thiophene rings is 1. The van der Waals surface area contributed by atoms with E-state index in [9.17, 15) is 0 Å². The maximum atomic E-state index is 4.88. The molecular formula is C19H21N3S2. The lowest BCUT2D eigenvalue weighted by Gasteiger charge is -2.29. The Hall–Kier alpha value is -1.56. The highest BCUT2D eigenvalue weighted by atomic mass is 32.1. The number of nitrogens with zero attached hydrogens (tertiary/aromatic N) is 3. The van der Waals surface area contributed by atoms with E-state index in [0.29, 0.717) is 6.04 Å². The molecule has 0 N–H and O–H groups in total. The predicted octanol–water partition coefficient (Wildman–Crippen LogP) is 5.38.